The molecule has 1 aromatic heterocycles. The molecular weight excluding hydrogens is 501 g/mol. The van der Waals surface area contributed by atoms with Gasteiger partial charge in [0.15, 0.2) is 15.8 Å². The minimum atomic E-state index is -4.17. The van der Waals surface area contributed by atoms with Crippen LogP contribution < -0.4 is 10.0 Å². The van der Waals surface area contributed by atoms with E-state index in [9.17, 15) is 21.6 Å². The molecule has 0 aliphatic rings. The van der Waals surface area contributed by atoms with Crippen LogP contribution in [0.15, 0.2) is 45.1 Å². The molecule has 0 spiro atoms. The first-order valence-corrected chi connectivity index (χ1v) is 11.0. The van der Waals surface area contributed by atoms with Crippen molar-refractivity contribution < 1.29 is 21.6 Å². The summed E-state index contributed by atoms with van der Waals surface area (Å²) >= 11 is 9.69. The Bertz CT molecular complexity index is 1170. The van der Waals surface area contributed by atoms with Crippen molar-refractivity contribution in [2.45, 2.75) is 11.1 Å². The number of aryl methyl sites for hydroxylation is 1. The number of hydrogen-bond donors (Lipinski definition) is 2. The summed E-state index contributed by atoms with van der Waals surface area (Å²) in [5.74, 6) is -3.29. The fraction of sp³-hybridized carbons (Fsp3) is 0.0588. The fourth-order valence-corrected chi connectivity index (χ4v) is 6.40. The van der Waals surface area contributed by atoms with E-state index < -0.39 is 33.2 Å². The summed E-state index contributed by atoms with van der Waals surface area (Å²) in [4.78, 5) is 0. The quantitative estimate of drug-likeness (QED) is 0.415. The summed E-state index contributed by atoms with van der Waals surface area (Å²) in [6.07, 6.45) is 0. The molecule has 1 heterocycles. The van der Waals surface area contributed by atoms with Gasteiger partial charge in [-0.15, -0.1) is 11.3 Å². The van der Waals surface area contributed by atoms with Gasteiger partial charge >= 0.3 is 0 Å². The predicted octanol–water partition coefficient (Wildman–Crippen LogP) is 6.43. The van der Waals surface area contributed by atoms with E-state index in [-0.39, 0.29) is 24.4 Å². The van der Waals surface area contributed by atoms with E-state index >= 15 is 0 Å². The Morgan fingerprint density at radius 1 is 1.04 bits per heavy atom. The topological polar surface area (TPSA) is 58.2 Å². The van der Waals surface area contributed by atoms with Crippen LogP contribution >= 0.6 is 38.9 Å². The number of nitrogens with one attached hydrogen (secondary N) is 2. The lowest BCUT2D eigenvalue weighted by atomic mass is 10.2. The lowest BCUT2D eigenvalue weighted by molar-refractivity contribution is 0.512. The standard InChI is InChI=1S/C17H11BrClF3N2O2S2/c1-8-2-4-12(11(21)6-8)23-16-13(5-3-10(20)15(16)22)24-28(25,26)17-9(18)7-14(19)27-17/h2-7,23-24H,1H3. The highest BCUT2D eigenvalue weighted by Gasteiger charge is 2.24. The van der Waals surface area contributed by atoms with Crippen molar-refractivity contribution in [1.29, 1.82) is 0 Å². The Morgan fingerprint density at radius 3 is 2.32 bits per heavy atom. The van der Waals surface area contributed by atoms with Crippen LogP contribution in [0.3, 0.4) is 0 Å². The Labute approximate surface area is 176 Å². The molecular formula is C17H11BrClF3N2O2S2. The van der Waals surface area contributed by atoms with Gasteiger partial charge in [0, 0.05) is 0 Å². The average molecular weight is 512 g/mol. The summed E-state index contributed by atoms with van der Waals surface area (Å²) in [6.45, 7) is 1.67. The number of anilines is 3. The van der Waals surface area contributed by atoms with Crippen LogP contribution in [0.25, 0.3) is 0 Å². The maximum Gasteiger partial charge on any atom is 0.272 e. The lowest BCUT2D eigenvalue weighted by Gasteiger charge is -2.16. The Kier molecular flexibility index (Phi) is 5.95. The van der Waals surface area contributed by atoms with Gasteiger partial charge in [0.2, 0.25) is 0 Å². The van der Waals surface area contributed by atoms with Gasteiger partial charge in [-0.25, -0.2) is 21.6 Å². The SMILES string of the molecule is Cc1ccc(Nc2c(NS(=O)(=O)c3sc(Cl)cc3Br)ccc(F)c2F)c(F)c1. The van der Waals surface area contributed by atoms with E-state index in [4.69, 9.17) is 11.6 Å². The normalized spacial score (nSPS) is 11.5. The number of halogens is 5. The maximum absolute atomic E-state index is 14.4. The molecule has 0 aliphatic carbocycles. The molecule has 4 nitrogen and oxygen atoms in total. The van der Waals surface area contributed by atoms with E-state index in [0.29, 0.717) is 5.56 Å². The van der Waals surface area contributed by atoms with Crippen LogP contribution in [-0.4, -0.2) is 8.42 Å². The molecule has 0 saturated heterocycles. The van der Waals surface area contributed by atoms with Crippen molar-refractivity contribution in [2.75, 3.05) is 10.0 Å². The Balaban J connectivity index is 2.04. The third kappa shape index (κ3) is 4.29. The molecule has 3 rings (SSSR count). The molecule has 0 unspecified atom stereocenters. The van der Waals surface area contributed by atoms with E-state index in [1.165, 1.54) is 18.2 Å². The van der Waals surface area contributed by atoms with Crippen molar-refractivity contribution in [3.8, 4) is 0 Å². The van der Waals surface area contributed by atoms with Gasteiger partial charge in [-0.3, -0.25) is 4.72 Å². The predicted molar refractivity (Wildman–Crippen MR) is 109 cm³/mol. The monoisotopic (exact) mass is 510 g/mol. The fourth-order valence-electron chi connectivity index (χ4n) is 2.31. The second-order valence-electron chi connectivity index (χ2n) is 5.68. The Morgan fingerprint density at radius 2 is 1.71 bits per heavy atom. The maximum atomic E-state index is 14.4. The van der Waals surface area contributed by atoms with Crippen LogP contribution in [-0.2, 0) is 10.0 Å². The van der Waals surface area contributed by atoms with Crippen molar-refractivity contribution in [2.24, 2.45) is 0 Å². The van der Waals surface area contributed by atoms with E-state index in [2.05, 4.69) is 26.0 Å². The van der Waals surface area contributed by atoms with Crippen molar-refractivity contribution in [3.63, 3.8) is 0 Å². The highest BCUT2D eigenvalue weighted by atomic mass is 79.9. The van der Waals surface area contributed by atoms with Gasteiger partial charge < -0.3 is 5.32 Å². The van der Waals surface area contributed by atoms with Crippen LogP contribution in [0.1, 0.15) is 5.56 Å². The van der Waals surface area contributed by atoms with Gasteiger partial charge in [0.1, 0.15) is 11.5 Å². The summed E-state index contributed by atoms with van der Waals surface area (Å²) < 4.78 is 70.0. The first kappa shape index (κ1) is 21.0. The van der Waals surface area contributed by atoms with E-state index in [1.54, 1.807) is 13.0 Å². The molecule has 0 radical (unpaired) electrons. The third-order valence-corrected chi connectivity index (χ3v) is 7.91. The van der Waals surface area contributed by atoms with Crippen molar-refractivity contribution in [3.05, 3.63) is 68.2 Å². The second-order valence-corrected chi connectivity index (χ2v) is 10.1. The molecule has 2 aromatic carbocycles. The van der Waals surface area contributed by atoms with Gasteiger partial charge in [0.05, 0.1) is 20.2 Å². The van der Waals surface area contributed by atoms with Gasteiger partial charge in [0.25, 0.3) is 10.0 Å². The molecule has 28 heavy (non-hydrogen) atoms. The zero-order valence-corrected chi connectivity index (χ0v) is 18.0. The molecule has 148 valence electrons. The van der Waals surface area contributed by atoms with Gasteiger partial charge in [-0.1, -0.05) is 17.7 Å². The Hall–Kier alpha value is -1.75. The van der Waals surface area contributed by atoms with E-state index in [0.717, 1.165) is 23.5 Å². The lowest BCUT2D eigenvalue weighted by Crippen LogP contribution is -2.14. The zero-order chi connectivity index (χ0) is 20.6. The first-order valence-electron chi connectivity index (χ1n) is 7.57. The van der Waals surface area contributed by atoms with Gasteiger partial charge in [-0.05, 0) is 58.7 Å². The van der Waals surface area contributed by atoms with Crippen molar-refractivity contribution in [1.82, 2.24) is 0 Å². The number of sulfonamides is 1. The molecule has 0 bridgehead atoms. The number of hydrogen-bond acceptors (Lipinski definition) is 4. The molecule has 3 aromatic rings. The molecule has 0 fully saturated rings. The minimum Gasteiger partial charge on any atom is -0.349 e. The average Bonchev–Trinajstić information content (AvgIpc) is 2.95. The summed E-state index contributed by atoms with van der Waals surface area (Å²) in [5.41, 5.74) is -0.362. The highest BCUT2D eigenvalue weighted by molar-refractivity contribution is 9.10. The minimum absolute atomic E-state index is 0.143. The van der Waals surface area contributed by atoms with Crippen LogP contribution in [0.5, 0.6) is 0 Å². The molecule has 11 heteroatoms. The molecule has 0 aliphatic heterocycles. The summed E-state index contributed by atoms with van der Waals surface area (Å²) in [6, 6.07) is 7.30. The number of thiophene rings is 1. The van der Waals surface area contributed by atoms with Crippen molar-refractivity contribution >= 4 is 66.0 Å². The molecule has 0 atom stereocenters. The zero-order valence-electron chi connectivity index (χ0n) is 14.0. The second kappa shape index (κ2) is 7.94. The summed E-state index contributed by atoms with van der Waals surface area (Å²) in [5, 5.41) is 2.42. The summed E-state index contributed by atoms with van der Waals surface area (Å²) in [7, 11) is -4.17. The molecule has 0 amide bonds. The number of rotatable bonds is 5. The van der Waals surface area contributed by atoms with Gasteiger partial charge in [-0.2, -0.15) is 0 Å². The highest BCUT2D eigenvalue weighted by Crippen LogP contribution is 2.38. The molecule has 2 N–H and O–H groups in total. The van der Waals surface area contributed by atoms with Crippen LogP contribution in [0, 0.1) is 24.4 Å². The van der Waals surface area contributed by atoms with Crippen LogP contribution in [0.2, 0.25) is 4.34 Å². The third-order valence-electron chi connectivity index (χ3n) is 3.59. The van der Waals surface area contributed by atoms with E-state index in [1.807, 2.05) is 0 Å². The smallest absolute Gasteiger partial charge is 0.272 e. The first-order chi connectivity index (χ1) is 13.1. The number of benzene rings is 2. The largest absolute Gasteiger partial charge is 0.349 e. The molecule has 0 saturated carbocycles. The van der Waals surface area contributed by atoms with Crippen LogP contribution in [0.4, 0.5) is 30.2 Å².